The highest BCUT2D eigenvalue weighted by Gasteiger charge is 2.28. The Bertz CT molecular complexity index is 2350. The van der Waals surface area contributed by atoms with Crippen LogP contribution in [0.5, 0.6) is 5.88 Å². The van der Waals surface area contributed by atoms with Crippen LogP contribution in [-0.2, 0) is 35.5 Å². The minimum atomic E-state index is -0.136. The van der Waals surface area contributed by atoms with Gasteiger partial charge in [0.1, 0.15) is 5.65 Å². The molecule has 2 aromatic carbocycles. The highest BCUT2D eigenvalue weighted by atomic mass is 35.5. The molecule has 5 aromatic rings. The van der Waals surface area contributed by atoms with Crippen LogP contribution in [0.25, 0.3) is 27.9 Å². The number of hydrogen-bond acceptors (Lipinski definition) is 8. The van der Waals surface area contributed by atoms with Gasteiger partial charge in [-0.25, -0.2) is 9.97 Å². The molecule has 13 heteroatoms. The predicted molar refractivity (Wildman–Crippen MR) is 214 cm³/mol. The van der Waals surface area contributed by atoms with E-state index in [9.17, 15) is 14.4 Å². The van der Waals surface area contributed by atoms with Crippen LogP contribution < -0.4 is 31.6 Å². The summed E-state index contributed by atoms with van der Waals surface area (Å²) >= 11 is 14.1. The van der Waals surface area contributed by atoms with Crippen molar-refractivity contribution in [1.82, 2.24) is 35.6 Å². The first kappa shape index (κ1) is 37.1. The standard InChI is InChI=1S/C42H43Cl2N7O4/c1-55-41-26(19-45-22-28-9-12-38(52)48-28)16-35(43)36(50-41)17-24-8-11-33-30(24)4-2-6-32(33)34-7-3-5-31(40(34)44)25-14-15-51-37(18-25)47-21-27(42(51)54)20-46-23-29-10-13-39(53)49-29/h2-7,14-16,18,21,24,28-29,45-46H,8-13,17,19-20,22-23H2,1H3,(H,48,52)(H,49,53). The van der Waals surface area contributed by atoms with E-state index < -0.39 is 0 Å². The number of fused-ring (bicyclic) bond motifs is 2. The van der Waals surface area contributed by atoms with Crippen molar-refractivity contribution in [2.75, 3.05) is 20.2 Å². The summed E-state index contributed by atoms with van der Waals surface area (Å²) in [5.41, 5.74) is 8.97. The third-order valence-corrected chi connectivity index (χ3v) is 11.8. The van der Waals surface area contributed by atoms with E-state index in [1.165, 1.54) is 11.1 Å². The lowest BCUT2D eigenvalue weighted by Gasteiger charge is -2.17. The molecular weight excluding hydrogens is 737 g/mol. The van der Waals surface area contributed by atoms with E-state index in [1.807, 2.05) is 30.3 Å². The molecule has 11 nitrogen and oxygen atoms in total. The monoisotopic (exact) mass is 779 g/mol. The van der Waals surface area contributed by atoms with Crippen LogP contribution in [0.15, 0.2) is 71.8 Å². The van der Waals surface area contributed by atoms with E-state index in [1.54, 1.807) is 23.9 Å². The van der Waals surface area contributed by atoms with Gasteiger partial charge >= 0.3 is 0 Å². The van der Waals surface area contributed by atoms with E-state index in [2.05, 4.69) is 50.5 Å². The molecule has 55 heavy (non-hydrogen) atoms. The molecule has 284 valence electrons. The molecule has 3 atom stereocenters. The number of carbonyl (C=O) groups is 2. The number of nitrogens with zero attached hydrogens (tertiary/aromatic N) is 3. The number of carbonyl (C=O) groups excluding carboxylic acids is 2. The number of ether oxygens (including phenoxy) is 1. The normalized spacial score (nSPS) is 19.1. The lowest BCUT2D eigenvalue weighted by Crippen LogP contribution is -2.36. The van der Waals surface area contributed by atoms with Crippen molar-refractivity contribution in [1.29, 1.82) is 0 Å². The lowest BCUT2D eigenvalue weighted by atomic mass is 9.91. The summed E-state index contributed by atoms with van der Waals surface area (Å²) < 4.78 is 7.25. The van der Waals surface area contributed by atoms with Crippen molar-refractivity contribution in [3.05, 3.63) is 115 Å². The fourth-order valence-electron chi connectivity index (χ4n) is 8.22. The third kappa shape index (κ3) is 7.84. The number of aromatic nitrogens is 3. The maximum absolute atomic E-state index is 13.3. The van der Waals surface area contributed by atoms with Gasteiger partial charge in [0, 0.05) is 85.8 Å². The van der Waals surface area contributed by atoms with Gasteiger partial charge in [0.05, 0.1) is 22.8 Å². The van der Waals surface area contributed by atoms with Crippen LogP contribution in [0.2, 0.25) is 10.0 Å². The van der Waals surface area contributed by atoms with Crippen molar-refractivity contribution in [2.45, 2.75) is 76.0 Å². The summed E-state index contributed by atoms with van der Waals surface area (Å²) in [6.45, 7) is 2.18. The first-order chi connectivity index (χ1) is 26.7. The van der Waals surface area contributed by atoms with Crippen LogP contribution >= 0.6 is 23.2 Å². The number of pyridine rings is 2. The minimum Gasteiger partial charge on any atom is -0.481 e. The van der Waals surface area contributed by atoms with Crippen LogP contribution in [0.4, 0.5) is 0 Å². The van der Waals surface area contributed by atoms with Crippen LogP contribution in [0.1, 0.15) is 66.0 Å². The summed E-state index contributed by atoms with van der Waals surface area (Å²) in [5, 5.41) is 13.9. The third-order valence-electron chi connectivity index (χ3n) is 11.1. The summed E-state index contributed by atoms with van der Waals surface area (Å²) in [4.78, 5) is 45.9. The average molecular weight is 781 g/mol. The summed E-state index contributed by atoms with van der Waals surface area (Å²) in [5.74, 6) is 0.953. The topological polar surface area (TPSA) is 139 Å². The summed E-state index contributed by atoms with van der Waals surface area (Å²) in [7, 11) is 1.63. The number of amides is 2. The Morgan fingerprint density at radius 2 is 1.53 bits per heavy atom. The molecule has 2 aliphatic heterocycles. The van der Waals surface area contributed by atoms with Crippen LogP contribution in [0.3, 0.4) is 0 Å². The predicted octanol–water partition coefficient (Wildman–Crippen LogP) is 5.75. The fraction of sp³-hybridized carbons (Fsp3) is 0.357. The van der Waals surface area contributed by atoms with Crippen molar-refractivity contribution in [3.63, 3.8) is 0 Å². The molecule has 0 bridgehead atoms. The second-order valence-electron chi connectivity index (χ2n) is 14.7. The zero-order valence-electron chi connectivity index (χ0n) is 30.6. The average Bonchev–Trinajstić information content (AvgIpc) is 3.93. The molecule has 3 unspecified atom stereocenters. The Labute approximate surface area is 329 Å². The lowest BCUT2D eigenvalue weighted by molar-refractivity contribution is -0.120. The van der Waals surface area contributed by atoms with Gasteiger partial charge in [-0.1, -0.05) is 59.6 Å². The fourth-order valence-corrected chi connectivity index (χ4v) is 8.81. The summed E-state index contributed by atoms with van der Waals surface area (Å²) in [6.07, 6.45) is 8.66. The molecule has 0 spiro atoms. The van der Waals surface area contributed by atoms with Gasteiger partial charge in [0.25, 0.3) is 5.56 Å². The zero-order valence-corrected chi connectivity index (χ0v) is 32.1. The van der Waals surface area contributed by atoms with Gasteiger partial charge in [0.15, 0.2) is 0 Å². The maximum atomic E-state index is 13.3. The van der Waals surface area contributed by atoms with Gasteiger partial charge in [-0.05, 0) is 78.5 Å². The maximum Gasteiger partial charge on any atom is 0.262 e. The molecule has 5 heterocycles. The number of rotatable bonds is 13. The van der Waals surface area contributed by atoms with Crippen molar-refractivity contribution in [3.8, 4) is 28.1 Å². The molecule has 0 radical (unpaired) electrons. The number of halogens is 2. The summed E-state index contributed by atoms with van der Waals surface area (Å²) in [6, 6.07) is 18.5. The first-order valence-corrected chi connectivity index (χ1v) is 19.6. The molecule has 2 fully saturated rings. The van der Waals surface area contributed by atoms with Gasteiger partial charge < -0.3 is 26.0 Å². The van der Waals surface area contributed by atoms with E-state index in [0.717, 1.165) is 59.2 Å². The van der Waals surface area contributed by atoms with Crippen molar-refractivity contribution < 1.29 is 14.3 Å². The van der Waals surface area contributed by atoms with E-state index in [-0.39, 0.29) is 35.4 Å². The quantitative estimate of drug-likeness (QED) is 0.119. The van der Waals surface area contributed by atoms with E-state index in [0.29, 0.717) is 72.6 Å². The molecule has 3 aliphatic rings. The molecular formula is C42H43Cl2N7O4. The molecule has 3 aromatic heterocycles. The molecule has 0 saturated carbocycles. The van der Waals surface area contributed by atoms with Crippen molar-refractivity contribution >= 4 is 40.7 Å². The number of methoxy groups -OCH3 is 1. The molecule has 4 N–H and O–H groups in total. The SMILES string of the molecule is COc1nc(CC2CCc3c(-c4cccc(-c5ccn6c(=O)c(CNCC7CCC(=O)N7)cnc6c5)c4Cl)cccc32)c(Cl)cc1CNCC1CCC(=O)N1. The Morgan fingerprint density at radius 3 is 2.24 bits per heavy atom. The Kier molecular flexibility index (Phi) is 10.9. The van der Waals surface area contributed by atoms with Crippen molar-refractivity contribution in [2.24, 2.45) is 0 Å². The number of hydrogen-bond donors (Lipinski definition) is 4. The zero-order chi connectivity index (χ0) is 38.1. The largest absolute Gasteiger partial charge is 0.481 e. The smallest absolute Gasteiger partial charge is 0.262 e. The van der Waals surface area contributed by atoms with Gasteiger partial charge in [-0.15, -0.1) is 0 Å². The Hall–Kier alpha value is -4.81. The minimum absolute atomic E-state index is 0.0691. The van der Waals surface area contributed by atoms with Crippen LogP contribution in [-0.4, -0.2) is 58.5 Å². The van der Waals surface area contributed by atoms with Gasteiger partial charge in [-0.2, -0.15) is 0 Å². The Balaban J connectivity index is 0.985. The van der Waals surface area contributed by atoms with Crippen LogP contribution in [0, 0.1) is 0 Å². The van der Waals surface area contributed by atoms with Gasteiger partial charge in [-0.3, -0.25) is 18.8 Å². The number of nitrogens with one attached hydrogen (secondary N) is 4. The molecule has 1 aliphatic carbocycles. The highest BCUT2D eigenvalue weighted by molar-refractivity contribution is 6.36. The Morgan fingerprint density at radius 1 is 0.836 bits per heavy atom. The van der Waals surface area contributed by atoms with E-state index >= 15 is 0 Å². The number of benzene rings is 2. The second kappa shape index (κ2) is 16.1. The second-order valence-corrected chi connectivity index (χ2v) is 15.5. The van der Waals surface area contributed by atoms with E-state index in [4.69, 9.17) is 32.9 Å². The molecule has 2 amide bonds. The van der Waals surface area contributed by atoms with Gasteiger partial charge in [0.2, 0.25) is 17.7 Å². The first-order valence-electron chi connectivity index (χ1n) is 18.9. The highest BCUT2D eigenvalue weighted by Crippen LogP contribution is 2.44. The molecule has 2 saturated heterocycles. The molecule has 8 rings (SSSR count).